The van der Waals surface area contributed by atoms with Gasteiger partial charge < -0.3 is 16.4 Å². The third kappa shape index (κ3) is 3.07. The van der Waals surface area contributed by atoms with Crippen LogP contribution in [-0.4, -0.2) is 19.0 Å². The zero-order valence-electron chi connectivity index (χ0n) is 10.2. The number of halogens is 1. The maximum absolute atomic E-state index is 10.9. The lowest BCUT2D eigenvalue weighted by Gasteiger charge is -2.33. The number of nitrogens with two attached hydrogens (primary N) is 2. The number of carbonyl (C=O) groups excluding carboxylic acids is 1. The maximum atomic E-state index is 10.9. The van der Waals surface area contributed by atoms with Gasteiger partial charge in [-0.2, -0.15) is 0 Å². The molecule has 0 aromatic heterocycles. The molecule has 98 valence electrons. The number of nitrogen functional groups attached to an aromatic ring is 1. The molecule has 0 saturated carbocycles. The van der Waals surface area contributed by atoms with Crippen LogP contribution in [0.4, 0.5) is 11.4 Å². The van der Waals surface area contributed by atoms with Gasteiger partial charge in [0.05, 0.1) is 11.4 Å². The number of rotatable bonds is 3. The molecule has 0 atom stereocenters. The first-order valence-electron chi connectivity index (χ1n) is 6.14. The number of primary amides is 1. The van der Waals surface area contributed by atoms with Crippen LogP contribution in [0.3, 0.4) is 0 Å². The van der Waals surface area contributed by atoms with Crippen molar-refractivity contribution in [3.63, 3.8) is 0 Å². The standard InChI is InChI=1S/C13H18ClN3O/c14-10-1-2-12(11(15)8-10)17-5-3-9(4-6-17)7-13(16)18/h1-2,8-9H,3-7,15H2,(H2,16,18). The Hall–Kier alpha value is -1.42. The van der Waals surface area contributed by atoms with Crippen molar-refractivity contribution in [3.8, 4) is 0 Å². The van der Waals surface area contributed by atoms with Gasteiger partial charge in [-0.3, -0.25) is 4.79 Å². The highest BCUT2D eigenvalue weighted by Crippen LogP contribution is 2.30. The summed E-state index contributed by atoms with van der Waals surface area (Å²) in [7, 11) is 0. The van der Waals surface area contributed by atoms with Gasteiger partial charge in [-0.15, -0.1) is 0 Å². The van der Waals surface area contributed by atoms with Crippen molar-refractivity contribution in [2.24, 2.45) is 11.7 Å². The minimum Gasteiger partial charge on any atom is -0.397 e. The summed E-state index contributed by atoms with van der Waals surface area (Å²) < 4.78 is 0. The number of anilines is 2. The molecule has 0 bridgehead atoms. The maximum Gasteiger partial charge on any atom is 0.217 e. The van der Waals surface area contributed by atoms with Gasteiger partial charge >= 0.3 is 0 Å². The zero-order valence-corrected chi connectivity index (χ0v) is 11.0. The fourth-order valence-electron chi connectivity index (χ4n) is 2.48. The molecule has 1 fully saturated rings. The summed E-state index contributed by atoms with van der Waals surface area (Å²) in [6, 6.07) is 5.57. The summed E-state index contributed by atoms with van der Waals surface area (Å²) >= 11 is 5.89. The fraction of sp³-hybridized carbons (Fsp3) is 0.462. The van der Waals surface area contributed by atoms with E-state index in [2.05, 4.69) is 4.90 Å². The van der Waals surface area contributed by atoms with Crippen molar-refractivity contribution in [3.05, 3.63) is 23.2 Å². The second-order valence-electron chi connectivity index (χ2n) is 4.80. The monoisotopic (exact) mass is 267 g/mol. The Morgan fingerprint density at radius 2 is 2.06 bits per heavy atom. The number of amides is 1. The first kappa shape index (κ1) is 13.0. The molecule has 0 radical (unpaired) electrons. The highest BCUT2D eigenvalue weighted by Gasteiger charge is 2.21. The largest absolute Gasteiger partial charge is 0.397 e. The van der Waals surface area contributed by atoms with E-state index in [9.17, 15) is 4.79 Å². The lowest BCUT2D eigenvalue weighted by atomic mass is 9.93. The Kier molecular flexibility index (Phi) is 3.97. The topological polar surface area (TPSA) is 72.4 Å². The molecule has 4 nitrogen and oxygen atoms in total. The summed E-state index contributed by atoms with van der Waals surface area (Å²) in [5.74, 6) is 0.201. The van der Waals surface area contributed by atoms with Crippen molar-refractivity contribution >= 4 is 28.9 Å². The lowest BCUT2D eigenvalue weighted by Crippen LogP contribution is -2.35. The van der Waals surface area contributed by atoms with Gasteiger partial charge in [-0.1, -0.05) is 11.6 Å². The van der Waals surface area contributed by atoms with E-state index >= 15 is 0 Å². The van der Waals surface area contributed by atoms with E-state index in [1.807, 2.05) is 12.1 Å². The number of hydrogen-bond donors (Lipinski definition) is 2. The van der Waals surface area contributed by atoms with Gasteiger partial charge in [-0.05, 0) is 37.0 Å². The second kappa shape index (κ2) is 5.48. The van der Waals surface area contributed by atoms with Gasteiger partial charge in [0.15, 0.2) is 0 Å². The van der Waals surface area contributed by atoms with Crippen molar-refractivity contribution in [2.75, 3.05) is 23.7 Å². The Balaban J connectivity index is 1.99. The third-order valence-corrected chi connectivity index (χ3v) is 3.67. The molecule has 4 N–H and O–H groups in total. The minimum absolute atomic E-state index is 0.209. The summed E-state index contributed by atoms with van der Waals surface area (Å²) in [5.41, 5.74) is 12.9. The van der Waals surface area contributed by atoms with E-state index in [1.54, 1.807) is 6.07 Å². The van der Waals surface area contributed by atoms with Crippen LogP contribution < -0.4 is 16.4 Å². The van der Waals surface area contributed by atoms with Crippen molar-refractivity contribution in [1.29, 1.82) is 0 Å². The van der Waals surface area contributed by atoms with Gasteiger partial charge in [0.2, 0.25) is 5.91 Å². The van der Waals surface area contributed by atoms with Crippen LogP contribution in [0, 0.1) is 5.92 Å². The van der Waals surface area contributed by atoms with E-state index in [-0.39, 0.29) is 5.91 Å². The van der Waals surface area contributed by atoms with Crippen LogP contribution in [0.15, 0.2) is 18.2 Å². The highest BCUT2D eigenvalue weighted by molar-refractivity contribution is 6.31. The number of piperidine rings is 1. The molecule has 1 saturated heterocycles. The Bertz CT molecular complexity index is 442. The molecule has 2 rings (SSSR count). The summed E-state index contributed by atoms with van der Waals surface area (Å²) in [6.07, 6.45) is 2.44. The van der Waals surface area contributed by atoms with Crippen molar-refractivity contribution in [2.45, 2.75) is 19.3 Å². The predicted octanol–water partition coefficient (Wildman–Crippen LogP) is 2.01. The molecule has 0 unspecified atom stereocenters. The molecule has 18 heavy (non-hydrogen) atoms. The molecule has 1 heterocycles. The normalized spacial score (nSPS) is 16.8. The third-order valence-electron chi connectivity index (χ3n) is 3.43. The SMILES string of the molecule is NC(=O)CC1CCN(c2ccc(Cl)cc2N)CC1. The van der Waals surface area contributed by atoms with E-state index in [1.165, 1.54) is 0 Å². The molecule has 1 aliphatic rings. The van der Waals surface area contributed by atoms with Gasteiger partial charge in [0, 0.05) is 24.5 Å². The van der Waals surface area contributed by atoms with Crippen LogP contribution in [0.5, 0.6) is 0 Å². The van der Waals surface area contributed by atoms with Crippen LogP contribution in [0.1, 0.15) is 19.3 Å². The number of hydrogen-bond acceptors (Lipinski definition) is 3. The van der Waals surface area contributed by atoms with E-state index in [4.69, 9.17) is 23.1 Å². The quantitative estimate of drug-likeness (QED) is 0.823. The Labute approximate surface area is 112 Å². The predicted molar refractivity (Wildman–Crippen MR) is 74.6 cm³/mol. The minimum atomic E-state index is -0.209. The average Bonchev–Trinajstić information content (AvgIpc) is 2.30. The Morgan fingerprint density at radius 3 is 2.61 bits per heavy atom. The second-order valence-corrected chi connectivity index (χ2v) is 5.24. The molecule has 1 aliphatic heterocycles. The molecule has 1 aromatic rings. The first-order valence-corrected chi connectivity index (χ1v) is 6.52. The number of carbonyl (C=O) groups is 1. The van der Waals surface area contributed by atoms with Gasteiger partial charge in [0.1, 0.15) is 0 Å². The molecular formula is C13H18ClN3O. The molecule has 0 spiro atoms. The highest BCUT2D eigenvalue weighted by atomic mass is 35.5. The van der Waals surface area contributed by atoms with Crippen LogP contribution in [-0.2, 0) is 4.79 Å². The lowest BCUT2D eigenvalue weighted by molar-refractivity contribution is -0.119. The van der Waals surface area contributed by atoms with E-state index in [0.717, 1.165) is 31.6 Å². The summed E-state index contributed by atoms with van der Waals surface area (Å²) in [4.78, 5) is 13.1. The smallest absolute Gasteiger partial charge is 0.217 e. The molecule has 1 amide bonds. The van der Waals surface area contributed by atoms with Crippen LogP contribution in [0.2, 0.25) is 5.02 Å². The van der Waals surface area contributed by atoms with Gasteiger partial charge in [0.25, 0.3) is 0 Å². The molecule has 0 aliphatic carbocycles. The molecule has 5 heteroatoms. The number of nitrogens with zero attached hydrogens (tertiary/aromatic N) is 1. The van der Waals surface area contributed by atoms with Crippen molar-refractivity contribution < 1.29 is 4.79 Å². The van der Waals surface area contributed by atoms with E-state index < -0.39 is 0 Å². The first-order chi connectivity index (χ1) is 8.56. The van der Waals surface area contributed by atoms with Crippen LogP contribution >= 0.6 is 11.6 Å². The average molecular weight is 268 g/mol. The zero-order chi connectivity index (χ0) is 13.1. The number of benzene rings is 1. The van der Waals surface area contributed by atoms with Crippen molar-refractivity contribution in [1.82, 2.24) is 0 Å². The molecule has 1 aromatic carbocycles. The summed E-state index contributed by atoms with van der Waals surface area (Å²) in [5, 5.41) is 0.653. The Morgan fingerprint density at radius 1 is 1.39 bits per heavy atom. The van der Waals surface area contributed by atoms with E-state index in [0.29, 0.717) is 23.0 Å². The van der Waals surface area contributed by atoms with Crippen LogP contribution in [0.25, 0.3) is 0 Å². The van der Waals surface area contributed by atoms with Gasteiger partial charge in [-0.25, -0.2) is 0 Å². The summed E-state index contributed by atoms with van der Waals surface area (Å²) in [6.45, 7) is 1.81. The fourth-order valence-corrected chi connectivity index (χ4v) is 2.66. The molecular weight excluding hydrogens is 250 g/mol.